The number of hydrogen-bond donors (Lipinski definition) is 1. The number of fused-ring (bicyclic) bond motifs is 3. The summed E-state index contributed by atoms with van der Waals surface area (Å²) in [6, 6.07) is 28.8. The maximum Gasteiger partial charge on any atom is 0.251 e. The van der Waals surface area contributed by atoms with E-state index in [-0.39, 0.29) is 17.8 Å². The van der Waals surface area contributed by atoms with Gasteiger partial charge in [-0.05, 0) is 61.9 Å². The zero-order chi connectivity index (χ0) is 27.6. The molecular weight excluding hydrogens is 508 g/mol. The first-order valence-corrected chi connectivity index (χ1v) is 14.8. The van der Waals surface area contributed by atoms with Crippen LogP contribution in [0.5, 0.6) is 5.75 Å². The predicted molar refractivity (Wildman–Crippen MR) is 156 cm³/mol. The van der Waals surface area contributed by atoms with Crippen molar-refractivity contribution in [3.05, 3.63) is 108 Å². The first kappa shape index (κ1) is 26.5. The smallest absolute Gasteiger partial charge is 0.251 e. The number of aromatic nitrogens is 1. The minimum atomic E-state index is -3.25. The molecule has 0 spiro atoms. The number of nitrogens with one attached hydrogen (secondary N) is 1. The second-order valence-electron chi connectivity index (χ2n) is 9.84. The van der Waals surface area contributed by atoms with Crippen molar-refractivity contribution in [2.24, 2.45) is 0 Å². The first-order chi connectivity index (χ1) is 18.8. The Kier molecular flexibility index (Phi) is 7.44. The van der Waals surface area contributed by atoms with Crippen molar-refractivity contribution in [1.82, 2.24) is 9.88 Å². The molecule has 4 aromatic carbocycles. The van der Waals surface area contributed by atoms with E-state index in [0.29, 0.717) is 23.5 Å². The third-order valence-electron chi connectivity index (χ3n) is 6.81. The third-order valence-corrected chi connectivity index (χ3v) is 8.56. The molecule has 39 heavy (non-hydrogen) atoms. The van der Waals surface area contributed by atoms with Crippen LogP contribution in [0.1, 0.15) is 42.3 Å². The normalized spacial score (nSPS) is 11.8. The molecule has 0 unspecified atom stereocenters. The Labute approximate surface area is 229 Å². The molecule has 1 N–H and O–H groups in total. The molecule has 7 heteroatoms. The van der Waals surface area contributed by atoms with Gasteiger partial charge in [0.05, 0.1) is 23.3 Å². The number of ether oxygens (including phenoxy) is 1. The Morgan fingerprint density at radius 2 is 1.56 bits per heavy atom. The van der Waals surface area contributed by atoms with Gasteiger partial charge in [-0.25, -0.2) is 8.42 Å². The zero-order valence-electron chi connectivity index (χ0n) is 22.3. The van der Waals surface area contributed by atoms with Crippen molar-refractivity contribution in [2.45, 2.75) is 44.9 Å². The highest BCUT2D eigenvalue weighted by Crippen LogP contribution is 2.32. The first-order valence-electron chi connectivity index (χ1n) is 13.1. The standard InChI is InChI=1S/C32H32N2O4S/c1-4-39(36,37)26-16-13-23(14-17-26)20-33-32(35)24-15-18-30-28(19-24)27-10-6-7-11-29(27)34(30)21-25-9-5-8-12-31(25)38-22(2)3/h5-19,22H,4,20-21H2,1-3H3,(H,33,35). The maximum atomic E-state index is 13.1. The van der Waals surface area contributed by atoms with Gasteiger partial charge in [0.1, 0.15) is 5.75 Å². The summed E-state index contributed by atoms with van der Waals surface area (Å²) in [6.45, 7) is 6.61. The molecule has 0 aliphatic carbocycles. The van der Waals surface area contributed by atoms with E-state index in [1.54, 1.807) is 31.2 Å². The number of amides is 1. The fourth-order valence-electron chi connectivity index (χ4n) is 4.80. The molecule has 0 fully saturated rings. The molecule has 6 nitrogen and oxygen atoms in total. The molecule has 0 saturated heterocycles. The lowest BCUT2D eigenvalue weighted by Crippen LogP contribution is -2.22. The van der Waals surface area contributed by atoms with Gasteiger partial charge in [-0.2, -0.15) is 0 Å². The molecule has 1 aromatic heterocycles. The van der Waals surface area contributed by atoms with E-state index in [9.17, 15) is 13.2 Å². The molecule has 0 bridgehead atoms. The molecule has 0 saturated carbocycles. The summed E-state index contributed by atoms with van der Waals surface area (Å²) in [5, 5.41) is 5.05. The lowest BCUT2D eigenvalue weighted by Gasteiger charge is -2.16. The summed E-state index contributed by atoms with van der Waals surface area (Å²) < 4.78 is 32.4. The predicted octanol–water partition coefficient (Wildman–Crippen LogP) is 6.35. The number of hydrogen-bond acceptors (Lipinski definition) is 4. The monoisotopic (exact) mass is 540 g/mol. The van der Waals surface area contributed by atoms with Gasteiger partial charge in [0.25, 0.3) is 5.91 Å². The number of carbonyl (C=O) groups excluding carboxylic acids is 1. The van der Waals surface area contributed by atoms with Crippen molar-refractivity contribution in [1.29, 1.82) is 0 Å². The molecule has 1 amide bonds. The van der Waals surface area contributed by atoms with Crippen molar-refractivity contribution in [3.8, 4) is 5.75 Å². The van der Waals surface area contributed by atoms with Gasteiger partial charge in [0.15, 0.2) is 9.84 Å². The molecule has 0 atom stereocenters. The highest BCUT2D eigenvalue weighted by atomic mass is 32.2. The van der Waals surface area contributed by atoms with Crippen molar-refractivity contribution in [3.63, 3.8) is 0 Å². The van der Waals surface area contributed by atoms with Crippen LogP contribution in [-0.4, -0.2) is 30.7 Å². The lowest BCUT2D eigenvalue weighted by atomic mass is 10.1. The number of benzene rings is 4. The fourth-order valence-corrected chi connectivity index (χ4v) is 5.69. The number of para-hydroxylation sites is 2. The Hall–Kier alpha value is -4.10. The highest BCUT2D eigenvalue weighted by Gasteiger charge is 2.16. The average molecular weight is 541 g/mol. The van der Waals surface area contributed by atoms with E-state index in [1.807, 2.05) is 62.4 Å². The van der Waals surface area contributed by atoms with Crippen LogP contribution in [0.15, 0.2) is 95.9 Å². The second kappa shape index (κ2) is 10.9. The minimum absolute atomic E-state index is 0.0558. The van der Waals surface area contributed by atoms with E-state index in [1.165, 1.54) is 0 Å². The van der Waals surface area contributed by atoms with E-state index < -0.39 is 9.84 Å². The van der Waals surface area contributed by atoms with Gasteiger partial charge >= 0.3 is 0 Å². The second-order valence-corrected chi connectivity index (χ2v) is 12.1. The highest BCUT2D eigenvalue weighted by molar-refractivity contribution is 7.91. The van der Waals surface area contributed by atoms with Crippen LogP contribution < -0.4 is 10.1 Å². The summed E-state index contributed by atoms with van der Waals surface area (Å²) in [5.41, 5.74) is 4.62. The van der Waals surface area contributed by atoms with E-state index >= 15 is 0 Å². The van der Waals surface area contributed by atoms with Gasteiger partial charge in [0, 0.05) is 39.5 Å². The number of rotatable bonds is 9. The number of sulfone groups is 1. The van der Waals surface area contributed by atoms with Crippen molar-refractivity contribution < 1.29 is 17.9 Å². The van der Waals surface area contributed by atoms with Crippen molar-refractivity contribution >= 4 is 37.6 Å². The summed E-state index contributed by atoms with van der Waals surface area (Å²) >= 11 is 0. The Bertz CT molecular complexity index is 1750. The lowest BCUT2D eigenvalue weighted by molar-refractivity contribution is 0.0951. The fraction of sp³-hybridized carbons (Fsp3) is 0.219. The van der Waals surface area contributed by atoms with Crippen molar-refractivity contribution in [2.75, 3.05) is 5.75 Å². The number of carbonyl (C=O) groups is 1. The molecule has 5 aromatic rings. The summed E-state index contributed by atoms with van der Waals surface area (Å²) in [7, 11) is -3.25. The SMILES string of the molecule is CCS(=O)(=O)c1ccc(CNC(=O)c2ccc3c(c2)c2ccccc2n3Cc2ccccc2OC(C)C)cc1. The minimum Gasteiger partial charge on any atom is -0.491 e. The van der Waals surface area contributed by atoms with Gasteiger partial charge in [-0.15, -0.1) is 0 Å². The average Bonchev–Trinajstić information content (AvgIpc) is 3.25. The molecule has 5 rings (SSSR count). The Morgan fingerprint density at radius 3 is 2.31 bits per heavy atom. The van der Waals surface area contributed by atoms with Crippen LogP contribution in [0.25, 0.3) is 21.8 Å². The maximum absolute atomic E-state index is 13.1. The molecule has 0 radical (unpaired) electrons. The van der Waals surface area contributed by atoms with Crippen LogP contribution in [-0.2, 0) is 22.9 Å². The largest absolute Gasteiger partial charge is 0.491 e. The molecular formula is C32H32N2O4S. The summed E-state index contributed by atoms with van der Waals surface area (Å²) in [4.78, 5) is 13.4. The van der Waals surface area contributed by atoms with Gasteiger partial charge in [0.2, 0.25) is 0 Å². The van der Waals surface area contributed by atoms with E-state index in [0.717, 1.165) is 38.7 Å². The molecule has 0 aliphatic rings. The van der Waals surface area contributed by atoms with E-state index in [2.05, 4.69) is 28.1 Å². The van der Waals surface area contributed by atoms with Crippen LogP contribution >= 0.6 is 0 Å². The quantitative estimate of drug-likeness (QED) is 0.236. The summed E-state index contributed by atoms with van der Waals surface area (Å²) in [6.07, 6.45) is 0.0766. The topological polar surface area (TPSA) is 77.4 Å². The third kappa shape index (κ3) is 5.54. The zero-order valence-corrected chi connectivity index (χ0v) is 23.2. The Morgan fingerprint density at radius 1 is 0.872 bits per heavy atom. The van der Waals surface area contributed by atoms with Crippen LogP contribution in [0.2, 0.25) is 0 Å². The van der Waals surface area contributed by atoms with Crippen LogP contribution in [0, 0.1) is 0 Å². The summed E-state index contributed by atoms with van der Waals surface area (Å²) in [5.74, 6) is 0.740. The Balaban J connectivity index is 1.42. The van der Waals surface area contributed by atoms with Crippen LogP contribution in [0.4, 0.5) is 0 Å². The van der Waals surface area contributed by atoms with Crippen LogP contribution in [0.3, 0.4) is 0 Å². The van der Waals surface area contributed by atoms with Gasteiger partial charge in [-0.1, -0.05) is 55.5 Å². The number of nitrogens with zero attached hydrogens (tertiary/aromatic N) is 1. The van der Waals surface area contributed by atoms with E-state index in [4.69, 9.17) is 4.74 Å². The molecule has 1 heterocycles. The molecule has 0 aliphatic heterocycles. The van der Waals surface area contributed by atoms with Gasteiger partial charge in [-0.3, -0.25) is 4.79 Å². The molecule has 200 valence electrons. The van der Waals surface area contributed by atoms with Gasteiger partial charge < -0.3 is 14.6 Å².